The monoisotopic (exact) mass is 407 g/mol. The Morgan fingerprint density at radius 3 is 2.69 bits per heavy atom. The lowest BCUT2D eigenvalue weighted by Crippen LogP contribution is -2.40. The van der Waals surface area contributed by atoms with E-state index < -0.39 is 0 Å². The summed E-state index contributed by atoms with van der Waals surface area (Å²) in [5.41, 5.74) is 3.36. The molecule has 1 aliphatic heterocycles. The van der Waals surface area contributed by atoms with Crippen molar-refractivity contribution in [1.82, 2.24) is 19.7 Å². The SMILES string of the molecule is Cc1ccc(Cc2nsc(N3CCC(C(=O)NCc4ccccn4)CC3)n2)cc1. The number of rotatable bonds is 6. The lowest BCUT2D eigenvalue weighted by atomic mass is 9.96. The van der Waals surface area contributed by atoms with Crippen LogP contribution >= 0.6 is 11.5 Å². The lowest BCUT2D eigenvalue weighted by Gasteiger charge is -2.30. The van der Waals surface area contributed by atoms with Crippen LogP contribution in [0.2, 0.25) is 0 Å². The van der Waals surface area contributed by atoms with Gasteiger partial charge in [-0.1, -0.05) is 35.9 Å². The number of pyridine rings is 1. The Labute approximate surface area is 175 Å². The van der Waals surface area contributed by atoms with E-state index in [4.69, 9.17) is 4.98 Å². The molecular weight excluding hydrogens is 382 g/mol. The van der Waals surface area contributed by atoms with Gasteiger partial charge in [0.2, 0.25) is 11.0 Å². The van der Waals surface area contributed by atoms with Gasteiger partial charge in [-0.05, 0) is 37.5 Å². The van der Waals surface area contributed by atoms with E-state index in [1.807, 2.05) is 18.2 Å². The van der Waals surface area contributed by atoms with E-state index in [-0.39, 0.29) is 11.8 Å². The number of nitrogens with zero attached hydrogens (tertiary/aromatic N) is 4. The maximum atomic E-state index is 12.5. The molecule has 3 heterocycles. The van der Waals surface area contributed by atoms with Crippen molar-refractivity contribution in [1.29, 1.82) is 0 Å². The first kappa shape index (κ1) is 19.5. The van der Waals surface area contributed by atoms with Crippen LogP contribution in [0.25, 0.3) is 0 Å². The summed E-state index contributed by atoms with van der Waals surface area (Å²) in [6.07, 6.45) is 4.17. The van der Waals surface area contributed by atoms with E-state index in [2.05, 4.69) is 50.8 Å². The van der Waals surface area contributed by atoms with E-state index in [9.17, 15) is 4.79 Å². The molecule has 0 saturated carbocycles. The van der Waals surface area contributed by atoms with Gasteiger partial charge in [-0.3, -0.25) is 9.78 Å². The summed E-state index contributed by atoms with van der Waals surface area (Å²) in [7, 11) is 0. The molecular formula is C22H25N5OS. The van der Waals surface area contributed by atoms with E-state index in [0.29, 0.717) is 6.54 Å². The number of amides is 1. The third kappa shape index (κ3) is 5.17. The summed E-state index contributed by atoms with van der Waals surface area (Å²) in [5, 5.41) is 3.97. The number of anilines is 1. The molecule has 2 aromatic heterocycles. The second kappa shape index (κ2) is 9.13. The van der Waals surface area contributed by atoms with E-state index in [0.717, 1.165) is 49.0 Å². The Morgan fingerprint density at radius 1 is 1.17 bits per heavy atom. The van der Waals surface area contributed by atoms with Crippen LogP contribution in [-0.4, -0.2) is 33.3 Å². The molecule has 1 fully saturated rings. The van der Waals surface area contributed by atoms with E-state index >= 15 is 0 Å². The summed E-state index contributed by atoms with van der Waals surface area (Å²) in [5.74, 6) is 1.03. The minimum atomic E-state index is 0.0508. The Balaban J connectivity index is 1.26. The third-order valence-electron chi connectivity index (χ3n) is 5.25. The van der Waals surface area contributed by atoms with Gasteiger partial charge < -0.3 is 10.2 Å². The highest BCUT2D eigenvalue weighted by molar-refractivity contribution is 7.09. The number of hydrogen-bond acceptors (Lipinski definition) is 6. The maximum Gasteiger partial charge on any atom is 0.223 e. The van der Waals surface area contributed by atoms with Gasteiger partial charge in [-0.15, -0.1) is 0 Å². The summed E-state index contributed by atoms with van der Waals surface area (Å²) in [6, 6.07) is 14.2. The second-order valence-corrected chi connectivity index (χ2v) is 8.19. The number of aryl methyl sites for hydroxylation is 1. The molecule has 0 atom stereocenters. The number of nitrogens with one attached hydrogen (secondary N) is 1. The van der Waals surface area contributed by atoms with E-state index in [1.165, 1.54) is 22.7 Å². The second-order valence-electron chi connectivity index (χ2n) is 7.46. The molecule has 6 nitrogen and oxygen atoms in total. The van der Waals surface area contributed by atoms with Crippen molar-refractivity contribution in [2.75, 3.05) is 18.0 Å². The average molecular weight is 408 g/mol. The minimum absolute atomic E-state index is 0.0508. The number of carbonyl (C=O) groups is 1. The van der Waals surface area contributed by atoms with Crippen LogP contribution in [0.5, 0.6) is 0 Å². The van der Waals surface area contributed by atoms with Crippen molar-refractivity contribution < 1.29 is 4.79 Å². The van der Waals surface area contributed by atoms with Gasteiger partial charge in [0.05, 0.1) is 12.2 Å². The zero-order chi connectivity index (χ0) is 20.1. The normalized spacial score (nSPS) is 14.7. The van der Waals surface area contributed by atoms with E-state index in [1.54, 1.807) is 6.20 Å². The molecule has 29 heavy (non-hydrogen) atoms. The quantitative estimate of drug-likeness (QED) is 0.678. The zero-order valence-electron chi connectivity index (χ0n) is 16.5. The summed E-state index contributed by atoms with van der Waals surface area (Å²) >= 11 is 1.45. The fourth-order valence-electron chi connectivity index (χ4n) is 3.49. The van der Waals surface area contributed by atoms with Gasteiger partial charge in [0.15, 0.2) is 0 Å². The van der Waals surface area contributed by atoms with Crippen molar-refractivity contribution in [3.8, 4) is 0 Å². The first-order valence-electron chi connectivity index (χ1n) is 9.98. The molecule has 150 valence electrons. The molecule has 4 rings (SSSR count). The molecule has 1 aromatic carbocycles. The Morgan fingerprint density at radius 2 is 1.97 bits per heavy atom. The van der Waals surface area contributed by atoms with Crippen LogP contribution < -0.4 is 10.2 Å². The van der Waals surface area contributed by atoms with Crippen LogP contribution in [0.1, 0.15) is 35.5 Å². The molecule has 1 N–H and O–H groups in total. The molecule has 0 unspecified atom stereocenters. The van der Waals surface area contributed by atoms with Gasteiger partial charge in [-0.2, -0.15) is 4.37 Å². The Bertz CT molecular complexity index is 933. The third-order valence-corrected chi connectivity index (χ3v) is 6.06. The fraction of sp³-hybridized carbons (Fsp3) is 0.364. The topological polar surface area (TPSA) is 71.0 Å². The van der Waals surface area contributed by atoms with Crippen molar-refractivity contribution in [3.63, 3.8) is 0 Å². The van der Waals surface area contributed by atoms with Gasteiger partial charge in [0.1, 0.15) is 5.82 Å². The molecule has 0 bridgehead atoms. The van der Waals surface area contributed by atoms with Crippen LogP contribution in [0.4, 0.5) is 5.13 Å². The largest absolute Gasteiger partial charge is 0.350 e. The van der Waals surface area contributed by atoms with Crippen LogP contribution in [0, 0.1) is 12.8 Å². The number of benzene rings is 1. The predicted octanol–water partition coefficient (Wildman–Crippen LogP) is 3.37. The van der Waals surface area contributed by atoms with Gasteiger partial charge in [0.25, 0.3) is 0 Å². The van der Waals surface area contributed by atoms with Crippen LogP contribution in [-0.2, 0) is 17.8 Å². The van der Waals surface area contributed by atoms with Crippen molar-refractivity contribution in [2.45, 2.75) is 32.7 Å². The van der Waals surface area contributed by atoms with Crippen molar-refractivity contribution in [2.24, 2.45) is 5.92 Å². The molecule has 3 aromatic rings. The highest BCUT2D eigenvalue weighted by Gasteiger charge is 2.26. The number of hydrogen-bond donors (Lipinski definition) is 1. The fourth-order valence-corrected chi connectivity index (χ4v) is 4.23. The Kier molecular flexibility index (Phi) is 6.14. The standard InChI is InChI=1S/C22H25N5OS/c1-16-5-7-17(8-6-16)14-20-25-22(29-26-20)27-12-9-18(10-13-27)21(28)24-15-19-4-2-3-11-23-19/h2-8,11,18H,9-10,12-15H2,1H3,(H,24,28). The molecule has 1 amide bonds. The molecule has 0 radical (unpaired) electrons. The number of piperidine rings is 1. The van der Waals surface area contributed by atoms with Crippen molar-refractivity contribution in [3.05, 3.63) is 71.3 Å². The first-order chi connectivity index (χ1) is 14.2. The van der Waals surface area contributed by atoms with Crippen LogP contribution in [0.3, 0.4) is 0 Å². The molecule has 0 spiro atoms. The maximum absolute atomic E-state index is 12.5. The predicted molar refractivity (Wildman–Crippen MR) is 115 cm³/mol. The summed E-state index contributed by atoms with van der Waals surface area (Å²) < 4.78 is 4.53. The first-order valence-corrected chi connectivity index (χ1v) is 10.8. The average Bonchev–Trinajstić information content (AvgIpc) is 3.23. The number of carbonyl (C=O) groups excluding carboxylic acids is 1. The van der Waals surface area contributed by atoms with Crippen LogP contribution in [0.15, 0.2) is 48.7 Å². The Hall–Kier alpha value is -2.80. The molecule has 1 saturated heterocycles. The smallest absolute Gasteiger partial charge is 0.223 e. The highest BCUT2D eigenvalue weighted by Crippen LogP contribution is 2.25. The molecule has 1 aliphatic rings. The summed E-state index contributed by atoms with van der Waals surface area (Å²) in [4.78, 5) is 23.7. The number of aromatic nitrogens is 3. The van der Waals surface area contributed by atoms with Crippen molar-refractivity contribution >= 4 is 22.6 Å². The highest BCUT2D eigenvalue weighted by atomic mass is 32.1. The zero-order valence-corrected chi connectivity index (χ0v) is 17.4. The minimum Gasteiger partial charge on any atom is -0.350 e. The molecule has 7 heteroatoms. The van der Waals surface area contributed by atoms with Gasteiger partial charge in [-0.25, -0.2) is 4.98 Å². The molecule has 0 aliphatic carbocycles. The van der Waals surface area contributed by atoms with Gasteiger partial charge >= 0.3 is 0 Å². The lowest BCUT2D eigenvalue weighted by molar-refractivity contribution is -0.125. The van der Waals surface area contributed by atoms with Gasteiger partial charge in [0, 0.05) is 43.2 Å². The summed E-state index contributed by atoms with van der Waals surface area (Å²) in [6.45, 7) is 4.24.